The number of rotatable bonds is 9. The van der Waals surface area contributed by atoms with Crippen LogP contribution in [0.25, 0.3) is 11.3 Å². The molecule has 8 heteroatoms. The van der Waals surface area contributed by atoms with Crippen LogP contribution < -0.4 is 15.5 Å². The van der Waals surface area contributed by atoms with E-state index >= 15 is 0 Å². The first kappa shape index (κ1) is 27.5. The summed E-state index contributed by atoms with van der Waals surface area (Å²) in [5.74, 6) is 0.525. The number of anilines is 2. The van der Waals surface area contributed by atoms with Crippen LogP contribution in [0.2, 0.25) is 0 Å². The maximum atomic E-state index is 12.6. The van der Waals surface area contributed by atoms with Crippen LogP contribution in [0.3, 0.4) is 0 Å². The van der Waals surface area contributed by atoms with Crippen LogP contribution >= 0.6 is 33.9 Å². The van der Waals surface area contributed by atoms with Crippen LogP contribution in [0.15, 0.2) is 101 Å². The van der Waals surface area contributed by atoms with E-state index in [1.807, 2.05) is 53.9 Å². The van der Waals surface area contributed by atoms with Crippen molar-refractivity contribution < 1.29 is 9.53 Å². The number of carbonyl (C=O) groups is 1. The molecule has 6 nitrogen and oxygen atoms in total. The second kappa shape index (κ2) is 12.9. The summed E-state index contributed by atoms with van der Waals surface area (Å²) in [7, 11) is 0. The molecule has 0 aliphatic heterocycles. The first-order valence-electron chi connectivity index (χ1n) is 12.6. The molecule has 5 aromatic rings. The van der Waals surface area contributed by atoms with Gasteiger partial charge in [0.15, 0.2) is 5.13 Å². The maximum absolute atomic E-state index is 12.6. The summed E-state index contributed by atoms with van der Waals surface area (Å²) in [6.45, 7) is 4.64. The number of aromatic nitrogens is 1. The minimum atomic E-state index is -0.282. The molecular formula is C32H27IN4O2S. The molecule has 4 aromatic carbocycles. The molecule has 1 aromatic heterocycles. The van der Waals surface area contributed by atoms with E-state index in [0.29, 0.717) is 12.2 Å². The van der Waals surface area contributed by atoms with Gasteiger partial charge in [-0.15, -0.1) is 11.3 Å². The van der Waals surface area contributed by atoms with Gasteiger partial charge in [-0.05, 0) is 90.0 Å². The Labute approximate surface area is 251 Å². The summed E-state index contributed by atoms with van der Waals surface area (Å²) in [6, 6.07) is 29.6. The first-order valence-corrected chi connectivity index (χ1v) is 14.6. The highest BCUT2D eigenvalue weighted by molar-refractivity contribution is 14.1. The Hall–Kier alpha value is -4.02. The van der Waals surface area contributed by atoms with E-state index in [0.717, 1.165) is 42.5 Å². The number of carbonyl (C=O) groups excluding carboxylic acids is 1. The SMILES string of the molecule is Cc1ccc(Nc2nc(-c3ccc(C(=O)N/N=C\c4ccc(OCc5cccc(C)c5)c(I)c4)cc3)cs2)cc1. The number of halogens is 1. The van der Waals surface area contributed by atoms with Crippen LogP contribution in [0.5, 0.6) is 5.75 Å². The van der Waals surface area contributed by atoms with Gasteiger partial charge in [-0.25, -0.2) is 10.4 Å². The third-order valence-corrected chi connectivity index (χ3v) is 7.66. The minimum absolute atomic E-state index is 0.282. The number of ether oxygens (including phenoxy) is 1. The third-order valence-electron chi connectivity index (χ3n) is 6.06. The Morgan fingerprint density at radius 3 is 2.52 bits per heavy atom. The molecule has 0 aliphatic rings. The number of nitrogens with zero attached hydrogens (tertiary/aromatic N) is 2. The van der Waals surface area contributed by atoms with Gasteiger partial charge >= 0.3 is 0 Å². The van der Waals surface area contributed by atoms with Crippen molar-refractivity contribution in [3.05, 3.63) is 128 Å². The van der Waals surface area contributed by atoms with E-state index in [1.54, 1.807) is 18.3 Å². The van der Waals surface area contributed by atoms with Gasteiger partial charge in [-0.2, -0.15) is 5.10 Å². The number of aryl methyl sites for hydroxylation is 2. The summed E-state index contributed by atoms with van der Waals surface area (Å²) >= 11 is 3.78. The van der Waals surface area contributed by atoms with E-state index in [2.05, 4.69) is 87.6 Å². The zero-order chi connectivity index (χ0) is 27.9. The first-order chi connectivity index (χ1) is 19.4. The molecule has 0 bridgehead atoms. The molecule has 0 spiro atoms. The minimum Gasteiger partial charge on any atom is -0.488 e. The van der Waals surface area contributed by atoms with E-state index in [4.69, 9.17) is 4.74 Å². The fraction of sp³-hybridized carbons (Fsp3) is 0.0938. The number of thiazole rings is 1. The fourth-order valence-electron chi connectivity index (χ4n) is 3.92. The largest absolute Gasteiger partial charge is 0.488 e. The average Bonchev–Trinajstić information content (AvgIpc) is 3.42. The lowest BCUT2D eigenvalue weighted by molar-refractivity contribution is 0.0955. The topological polar surface area (TPSA) is 75.6 Å². The van der Waals surface area contributed by atoms with Gasteiger partial charge in [0.1, 0.15) is 12.4 Å². The van der Waals surface area contributed by atoms with E-state index in [9.17, 15) is 4.79 Å². The van der Waals surface area contributed by atoms with Gasteiger partial charge in [0.05, 0.1) is 15.5 Å². The molecule has 5 rings (SSSR count). The Bertz CT molecular complexity index is 1650. The fourth-order valence-corrected chi connectivity index (χ4v) is 5.36. The standard InChI is InChI=1S/C32H27IN4O2S/c1-21-6-13-27(14-7-21)35-32-36-29(20-40-32)25-9-11-26(12-10-25)31(38)37-34-18-23-8-15-30(28(33)17-23)39-19-24-5-3-4-22(2)16-24/h3-18,20H,19H2,1-2H3,(H,35,36)(H,37,38)/b34-18-. The molecule has 0 saturated heterocycles. The van der Waals surface area contributed by atoms with Crippen LogP contribution in [0.4, 0.5) is 10.8 Å². The zero-order valence-corrected chi connectivity index (χ0v) is 25.0. The molecule has 0 radical (unpaired) electrons. The smallest absolute Gasteiger partial charge is 0.271 e. The van der Waals surface area contributed by atoms with E-state index in [-0.39, 0.29) is 5.91 Å². The van der Waals surface area contributed by atoms with Crippen LogP contribution in [0, 0.1) is 17.4 Å². The average molecular weight is 659 g/mol. The van der Waals surface area contributed by atoms with Crippen molar-refractivity contribution in [3.8, 4) is 17.0 Å². The summed E-state index contributed by atoms with van der Waals surface area (Å²) < 4.78 is 6.95. The van der Waals surface area contributed by atoms with Gasteiger partial charge in [0.2, 0.25) is 0 Å². The maximum Gasteiger partial charge on any atom is 0.271 e. The monoisotopic (exact) mass is 658 g/mol. The predicted octanol–water partition coefficient (Wildman–Crippen LogP) is 8.12. The van der Waals surface area contributed by atoms with Gasteiger partial charge in [-0.3, -0.25) is 4.79 Å². The molecule has 0 unspecified atom stereocenters. The lowest BCUT2D eigenvalue weighted by atomic mass is 10.1. The summed E-state index contributed by atoms with van der Waals surface area (Å²) in [6.07, 6.45) is 1.62. The second-order valence-corrected chi connectivity index (χ2v) is 11.3. The molecule has 1 amide bonds. The van der Waals surface area contributed by atoms with Gasteiger partial charge in [0, 0.05) is 22.2 Å². The Morgan fingerprint density at radius 1 is 0.975 bits per heavy atom. The van der Waals surface area contributed by atoms with Crippen molar-refractivity contribution >= 4 is 56.9 Å². The van der Waals surface area contributed by atoms with Gasteiger partial charge in [-0.1, -0.05) is 59.7 Å². The number of nitrogens with one attached hydrogen (secondary N) is 2. The Morgan fingerprint density at radius 2 is 1.77 bits per heavy atom. The number of hydrazone groups is 1. The van der Waals surface area contributed by atoms with Crippen LogP contribution in [-0.4, -0.2) is 17.1 Å². The molecular weight excluding hydrogens is 631 g/mol. The van der Waals surface area contributed by atoms with E-state index in [1.165, 1.54) is 22.5 Å². The number of hydrogen-bond donors (Lipinski definition) is 2. The summed E-state index contributed by atoms with van der Waals surface area (Å²) in [5.41, 5.74) is 10.3. The van der Waals surface area contributed by atoms with Gasteiger partial charge < -0.3 is 10.1 Å². The lowest BCUT2D eigenvalue weighted by Crippen LogP contribution is -2.17. The molecule has 2 N–H and O–H groups in total. The highest BCUT2D eigenvalue weighted by Gasteiger charge is 2.09. The van der Waals surface area contributed by atoms with Crippen molar-refractivity contribution in [2.45, 2.75) is 20.5 Å². The molecule has 0 fully saturated rings. The van der Waals surface area contributed by atoms with E-state index < -0.39 is 0 Å². The van der Waals surface area contributed by atoms with Crippen molar-refractivity contribution in [3.63, 3.8) is 0 Å². The zero-order valence-electron chi connectivity index (χ0n) is 22.0. The quantitative estimate of drug-likeness (QED) is 0.0954. The van der Waals surface area contributed by atoms with Crippen molar-refractivity contribution in [1.82, 2.24) is 10.4 Å². The highest BCUT2D eigenvalue weighted by Crippen LogP contribution is 2.27. The Balaban J connectivity index is 1.14. The lowest BCUT2D eigenvalue weighted by Gasteiger charge is -2.09. The normalized spacial score (nSPS) is 11.0. The number of hydrogen-bond acceptors (Lipinski definition) is 6. The second-order valence-electron chi connectivity index (χ2n) is 9.27. The third kappa shape index (κ3) is 7.34. The number of amides is 1. The van der Waals surface area contributed by atoms with Crippen molar-refractivity contribution in [2.75, 3.05) is 5.32 Å². The van der Waals surface area contributed by atoms with Gasteiger partial charge in [0.25, 0.3) is 5.91 Å². The molecule has 40 heavy (non-hydrogen) atoms. The van der Waals surface area contributed by atoms with Crippen molar-refractivity contribution in [1.29, 1.82) is 0 Å². The highest BCUT2D eigenvalue weighted by atomic mass is 127. The van der Waals surface area contributed by atoms with Crippen molar-refractivity contribution in [2.24, 2.45) is 5.10 Å². The van der Waals surface area contributed by atoms with Crippen LogP contribution in [-0.2, 0) is 6.61 Å². The summed E-state index contributed by atoms with van der Waals surface area (Å²) in [4.78, 5) is 17.3. The number of benzene rings is 4. The summed E-state index contributed by atoms with van der Waals surface area (Å²) in [5, 5.41) is 10.3. The Kier molecular flexibility index (Phi) is 8.87. The molecule has 0 aliphatic carbocycles. The molecule has 0 saturated carbocycles. The molecule has 200 valence electrons. The molecule has 1 heterocycles. The predicted molar refractivity (Wildman–Crippen MR) is 172 cm³/mol. The molecule has 0 atom stereocenters. The van der Waals surface area contributed by atoms with Crippen LogP contribution in [0.1, 0.15) is 32.6 Å².